The highest BCUT2D eigenvalue weighted by Crippen LogP contribution is 1.97. The van der Waals surface area contributed by atoms with E-state index in [4.69, 9.17) is 9.47 Å². The molecule has 5 nitrogen and oxygen atoms in total. The number of carbonyl (C=O) groups excluding carboxylic acids is 1. The molecular weight excluding hydrogens is 186 g/mol. The number of ether oxygens (including phenoxy) is 3. The van der Waals surface area contributed by atoms with Crippen LogP contribution in [0.1, 0.15) is 6.42 Å². The SMILES string of the molecule is COC(=O)CCOCC1CNCCO1. The summed E-state index contributed by atoms with van der Waals surface area (Å²) >= 11 is 0. The van der Waals surface area contributed by atoms with Crippen molar-refractivity contribution in [1.82, 2.24) is 5.32 Å². The quantitative estimate of drug-likeness (QED) is 0.484. The first-order chi connectivity index (χ1) is 6.83. The second kappa shape index (κ2) is 6.75. The van der Waals surface area contributed by atoms with Crippen molar-refractivity contribution in [1.29, 1.82) is 0 Å². The Balaban J connectivity index is 1.94. The molecule has 1 aliphatic rings. The van der Waals surface area contributed by atoms with Gasteiger partial charge in [0.2, 0.25) is 0 Å². The Bertz CT molecular complexity index is 168. The lowest BCUT2D eigenvalue weighted by Crippen LogP contribution is -2.41. The molecule has 1 heterocycles. The van der Waals surface area contributed by atoms with Crippen LogP contribution in [0.2, 0.25) is 0 Å². The predicted octanol–water partition coefficient (Wildman–Crippen LogP) is -0.445. The van der Waals surface area contributed by atoms with E-state index < -0.39 is 0 Å². The van der Waals surface area contributed by atoms with E-state index in [2.05, 4.69) is 10.1 Å². The van der Waals surface area contributed by atoms with Gasteiger partial charge >= 0.3 is 5.97 Å². The third kappa shape index (κ3) is 4.55. The van der Waals surface area contributed by atoms with E-state index in [0.717, 1.165) is 19.7 Å². The Labute approximate surface area is 83.7 Å². The zero-order valence-corrected chi connectivity index (χ0v) is 8.45. The molecule has 1 rings (SSSR count). The highest BCUT2D eigenvalue weighted by molar-refractivity contribution is 5.69. The van der Waals surface area contributed by atoms with Gasteiger partial charge in [-0.2, -0.15) is 0 Å². The molecule has 1 unspecified atom stereocenters. The summed E-state index contributed by atoms with van der Waals surface area (Å²) in [6.45, 7) is 3.37. The fourth-order valence-electron chi connectivity index (χ4n) is 1.20. The first kappa shape index (κ1) is 11.4. The molecule has 5 heteroatoms. The van der Waals surface area contributed by atoms with Crippen LogP contribution in [-0.2, 0) is 19.0 Å². The molecule has 0 saturated carbocycles. The van der Waals surface area contributed by atoms with Crippen LogP contribution >= 0.6 is 0 Å². The molecule has 0 aromatic carbocycles. The number of rotatable bonds is 5. The second-order valence-corrected chi connectivity index (χ2v) is 3.10. The average Bonchev–Trinajstić information content (AvgIpc) is 2.25. The number of methoxy groups -OCH3 is 1. The van der Waals surface area contributed by atoms with Gasteiger partial charge in [-0.3, -0.25) is 4.79 Å². The van der Waals surface area contributed by atoms with Gasteiger partial charge in [-0.05, 0) is 0 Å². The molecule has 0 bridgehead atoms. The van der Waals surface area contributed by atoms with Crippen LogP contribution in [0.15, 0.2) is 0 Å². The van der Waals surface area contributed by atoms with Crippen molar-refractivity contribution in [2.45, 2.75) is 12.5 Å². The summed E-state index contributed by atoms with van der Waals surface area (Å²) in [5.74, 6) is -0.243. The monoisotopic (exact) mass is 203 g/mol. The minimum absolute atomic E-state index is 0.112. The van der Waals surface area contributed by atoms with Crippen molar-refractivity contribution in [2.75, 3.05) is 40.0 Å². The van der Waals surface area contributed by atoms with Crippen LogP contribution < -0.4 is 5.32 Å². The predicted molar refractivity (Wildman–Crippen MR) is 50.1 cm³/mol. The smallest absolute Gasteiger partial charge is 0.307 e. The lowest BCUT2D eigenvalue weighted by molar-refractivity contribution is -0.142. The minimum atomic E-state index is -0.243. The topological polar surface area (TPSA) is 56.8 Å². The van der Waals surface area contributed by atoms with Gasteiger partial charge in [-0.1, -0.05) is 0 Å². The molecule has 0 aromatic rings. The summed E-state index contributed by atoms with van der Waals surface area (Å²) in [6.07, 6.45) is 0.415. The minimum Gasteiger partial charge on any atom is -0.469 e. The third-order valence-electron chi connectivity index (χ3n) is 1.99. The molecule has 1 saturated heterocycles. The van der Waals surface area contributed by atoms with Crippen LogP contribution in [0, 0.1) is 0 Å². The maximum Gasteiger partial charge on any atom is 0.307 e. The maximum absolute atomic E-state index is 10.7. The fraction of sp³-hybridized carbons (Fsp3) is 0.889. The van der Waals surface area contributed by atoms with Crippen LogP contribution in [0.25, 0.3) is 0 Å². The van der Waals surface area contributed by atoms with Gasteiger partial charge in [0, 0.05) is 13.1 Å². The van der Waals surface area contributed by atoms with E-state index in [1.165, 1.54) is 7.11 Å². The highest BCUT2D eigenvalue weighted by Gasteiger charge is 2.13. The number of hydrogen-bond donors (Lipinski definition) is 1. The molecule has 1 atom stereocenters. The second-order valence-electron chi connectivity index (χ2n) is 3.10. The van der Waals surface area contributed by atoms with Crippen molar-refractivity contribution in [3.05, 3.63) is 0 Å². The van der Waals surface area contributed by atoms with Crippen molar-refractivity contribution in [3.63, 3.8) is 0 Å². The first-order valence-electron chi connectivity index (χ1n) is 4.80. The Morgan fingerprint density at radius 3 is 3.14 bits per heavy atom. The Morgan fingerprint density at radius 2 is 2.50 bits per heavy atom. The van der Waals surface area contributed by atoms with Gasteiger partial charge in [0.05, 0.1) is 39.5 Å². The Morgan fingerprint density at radius 1 is 1.64 bits per heavy atom. The zero-order valence-electron chi connectivity index (χ0n) is 8.45. The van der Waals surface area contributed by atoms with E-state index in [-0.39, 0.29) is 12.1 Å². The molecule has 0 spiro atoms. The van der Waals surface area contributed by atoms with Crippen molar-refractivity contribution < 1.29 is 19.0 Å². The maximum atomic E-state index is 10.7. The summed E-state index contributed by atoms with van der Waals surface area (Å²) in [4.78, 5) is 10.7. The molecule has 1 N–H and O–H groups in total. The summed E-state index contributed by atoms with van der Waals surface area (Å²) in [6, 6.07) is 0. The van der Waals surface area contributed by atoms with Gasteiger partial charge in [0.1, 0.15) is 0 Å². The standard InChI is InChI=1S/C9H17NO4/c1-12-9(11)2-4-13-7-8-6-10-3-5-14-8/h8,10H,2-7H2,1H3. The van der Waals surface area contributed by atoms with Crippen molar-refractivity contribution in [2.24, 2.45) is 0 Å². The van der Waals surface area contributed by atoms with E-state index in [1.807, 2.05) is 0 Å². The van der Waals surface area contributed by atoms with Crippen LogP contribution in [0.5, 0.6) is 0 Å². The van der Waals surface area contributed by atoms with E-state index in [1.54, 1.807) is 0 Å². The van der Waals surface area contributed by atoms with E-state index >= 15 is 0 Å². The lowest BCUT2D eigenvalue weighted by Gasteiger charge is -2.23. The molecule has 82 valence electrons. The van der Waals surface area contributed by atoms with Gasteiger partial charge in [-0.15, -0.1) is 0 Å². The summed E-state index contributed by atoms with van der Waals surface area (Å²) in [7, 11) is 1.37. The number of esters is 1. The summed E-state index contributed by atoms with van der Waals surface area (Å²) < 4.78 is 15.2. The van der Waals surface area contributed by atoms with Crippen LogP contribution in [0.3, 0.4) is 0 Å². The van der Waals surface area contributed by atoms with Gasteiger partial charge < -0.3 is 19.5 Å². The molecule has 1 fully saturated rings. The Kier molecular flexibility index (Phi) is 5.51. The number of hydrogen-bond acceptors (Lipinski definition) is 5. The molecule has 0 aliphatic carbocycles. The van der Waals surface area contributed by atoms with Gasteiger partial charge in [-0.25, -0.2) is 0 Å². The van der Waals surface area contributed by atoms with Crippen LogP contribution in [-0.4, -0.2) is 52.1 Å². The number of morpholine rings is 1. The van der Waals surface area contributed by atoms with Crippen molar-refractivity contribution in [3.8, 4) is 0 Å². The van der Waals surface area contributed by atoms with E-state index in [0.29, 0.717) is 19.6 Å². The molecule has 0 radical (unpaired) electrons. The zero-order chi connectivity index (χ0) is 10.2. The lowest BCUT2D eigenvalue weighted by atomic mass is 10.3. The summed E-state index contributed by atoms with van der Waals surface area (Å²) in [5, 5.41) is 3.20. The highest BCUT2D eigenvalue weighted by atomic mass is 16.5. The molecular formula is C9H17NO4. The van der Waals surface area contributed by atoms with Gasteiger partial charge in [0.15, 0.2) is 0 Å². The summed E-state index contributed by atoms with van der Waals surface area (Å²) in [5.41, 5.74) is 0. The number of nitrogens with one attached hydrogen (secondary N) is 1. The fourth-order valence-corrected chi connectivity index (χ4v) is 1.20. The average molecular weight is 203 g/mol. The van der Waals surface area contributed by atoms with Crippen molar-refractivity contribution >= 4 is 5.97 Å². The first-order valence-corrected chi connectivity index (χ1v) is 4.80. The van der Waals surface area contributed by atoms with E-state index in [9.17, 15) is 4.79 Å². The normalized spacial score (nSPS) is 21.9. The number of carbonyl (C=O) groups is 1. The molecule has 0 aromatic heterocycles. The Hall–Kier alpha value is -0.650. The van der Waals surface area contributed by atoms with Gasteiger partial charge in [0.25, 0.3) is 0 Å². The third-order valence-corrected chi connectivity index (χ3v) is 1.99. The molecule has 0 amide bonds. The molecule has 14 heavy (non-hydrogen) atoms. The van der Waals surface area contributed by atoms with Crippen LogP contribution in [0.4, 0.5) is 0 Å². The largest absolute Gasteiger partial charge is 0.469 e. The molecule has 1 aliphatic heterocycles.